The first-order chi connectivity index (χ1) is 14.4. The topological polar surface area (TPSA) is 75.0 Å². The number of benzene rings is 2. The highest BCUT2D eigenvalue weighted by Crippen LogP contribution is 2.24. The standard InChI is InChI=1S/C24H23N3O2S/c1-16(2)29-22-10-5-4-9-19(22)13-20(14-25)23(28)27-24-26-15-21(30-24)12-18-8-6-7-17(3)11-18/h4-11,13,15-16H,12H2,1-3H3,(H,26,27,28). The molecule has 0 spiro atoms. The van der Waals surface area contributed by atoms with Crippen LogP contribution >= 0.6 is 11.3 Å². The highest BCUT2D eigenvalue weighted by atomic mass is 32.1. The molecule has 0 aliphatic carbocycles. The summed E-state index contributed by atoms with van der Waals surface area (Å²) >= 11 is 1.40. The summed E-state index contributed by atoms with van der Waals surface area (Å²) in [6.45, 7) is 5.91. The smallest absolute Gasteiger partial charge is 0.268 e. The second-order valence-electron chi connectivity index (χ2n) is 7.13. The number of nitrogens with zero attached hydrogens (tertiary/aromatic N) is 2. The first-order valence-electron chi connectivity index (χ1n) is 9.63. The monoisotopic (exact) mass is 417 g/mol. The SMILES string of the molecule is Cc1cccc(Cc2cnc(NC(=O)C(C#N)=Cc3ccccc3OC(C)C)s2)c1. The number of carbonyl (C=O) groups is 1. The summed E-state index contributed by atoms with van der Waals surface area (Å²) in [6.07, 6.45) is 4.02. The predicted molar refractivity (Wildman–Crippen MR) is 121 cm³/mol. The van der Waals surface area contributed by atoms with Gasteiger partial charge in [-0.2, -0.15) is 5.26 Å². The number of aryl methyl sites for hydroxylation is 1. The van der Waals surface area contributed by atoms with E-state index >= 15 is 0 Å². The molecule has 0 saturated carbocycles. The van der Waals surface area contributed by atoms with Crippen molar-refractivity contribution in [1.82, 2.24) is 4.98 Å². The summed E-state index contributed by atoms with van der Waals surface area (Å²) < 4.78 is 5.76. The molecule has 152 valence electrons. The lowest BCUT2D eigenvalue weighted by Crippen LogP contribution is -2.13. The fraction of sp³-hybridized carbons (Fsp3) is 0.208. The van der Waals surface area contributed by atoms with Crippen LogP contribution in [-0.2, 0) is 11.2 Å². The number of amides is 1. The van der Waals surface area contributed by atoms with Crippen molar-refractivity contribution in [2.75, 3.05) is 5.32 Å². The molecule has 3 rings (SSSR count). The fourth-order valence-electron chi connectivity index (χ4n) is 2.90. The lowest BCUT2D eigenvalue weighted by molar-refractivity contribution is -0.112. The number of carbonyl (C=O) groups excluding carboxylic acids is 1. The summed E-state index contributed by atoms with van der Waals surface area (Å²) in [4.78, 5) is 17.9. The van der Waals surface area contributed by atoms with Gasteiger partial charge in [0.25, 0.3) is 5.91 Å². The average Bonchev–Trinajstić information content (AvgIpc) is 3.13. The Labute approximate surface area is 180 Å². The minimum atomic E-state index is -0.492. The number of thiazole rings is 1. The zero-order valence-electron chi connectivity index (χ0n) is 17.2. The number of aromatic nitrogens is 1. The Morgan fingerprint density at radius 2 is 2.07 bits per heavy atom. The Hall–Kier alpha value is -3.43. The molecule has 30 heavy (non-hydrogen) atoms. The van der Waals surface area contributed by atoms with Crippen molar-refractivity contribution < 1.29 is 9.53 Å². The Balaban J connectivity index is 1.73. The summed E-state index contributed by atoms with van der Waals surface area (Å²) in [5.74, 6) is 0.135. The molecule has 0 saturated heterocycles. The van der Waals surface area contributed by atoms with Crippen molar-refractivity contribution in [1.29, 1.82) is 5.26 Å². The molecule has 0 aliphatic rings. The van der Waals surface area contributed by atoms with Crippen LogP contribution in [0.5, 0.6) is 5.75 Å². The van der Waals surface area contributed by atoms with Crippen molar-refractivity contribution in [2.24, 2.45) is 0 Å². The van der Waals surface area contributed by atoms with E-state index in [9.17, 15) is 10.1 Å². The van der Waals surface area contributed by atoms with Gasteiger partial charge < -0.3 is 4.74 Å². The Bertz CT molecular complexity index is 1110. The maximum absolute atomic E-state index is 12.6. The van der Waals surface area contributed by atoms with Gasteiger partial charge in [0.2, 0.25) is 0 Å². The van der Waals surface area contributed by atoms with Crippen LogP contribution in [0.1, 0.15) is 35.4 Å². The van der Waals surface area contributed by atoms with Gasteiger partial charge in [-0.05, 0) is 38.5 Å². The molecule has 0 radical (unpaired) electrons. The molecule has 1 heterocycles. The molecule has 6 heteroatoms. The fourth-order valence-corrected chi connectivity index (χ4v) is 3.74. The van der Waals surface area contributed by atoms with Crippen LogP contribution in [0, 0.1) is 18.3 Å². The lowest BCUT2D eigenvalue weighted by Gasteiger charge is -2.12. The summed E-state index contributed by atoms with van der Waals surface area (Å²) in [5.41, 5.74) is 3.06. The second kappa shape index (κ2) is 9.86. The van der Waals surface area contributed by atoms with Crippen LogP contribution in [-0.4, -0.2) is 17.0 Å². The summed E-state index contributed by atoms with van der Waals surface area (Å²) in [5, 5.41) is 12.7. The van der Waals surface area contributed by atoms with E-state index in [1.165, 1.54) is 28.5 Å². The van der Waals surface area contributed by atoms with Gasteiger partial charge >= 0.3 is 0 Å². The van der Waals surface area contributed by atoms with Crippen LogP contribution in [0.4, 0.5) is 5.13 Å². The van der Waals surface area contributed by atoms with Gasteiger partial charge in [0.1, 0.15) is 17.4 Å². The number of nitrogens with one attached hydrogen (secondary N) is 1. The lowest BCUT2D eigenvalue weighted by atomic mass is 10.1. The molecule has 2 aromatic carbocycles. The van der Waals surface area contributed by atoms with Gasteiger partial charge in [0.15, 0.2) is 5.13 Å². The minimum Gasteiger partial charge on any atom is -0.490 e. The van der Waals surface area contributed by atoms with Gasteiger partial charge in [-0.25, -0.2) is 4.98 Å². The van der Waals surface area contributed by atoms with E-state index in [0.29, 0.717) is 16.4 Å². The highest BCUT2D eigenvalue weighted by Gasteiger charge is 2.14. The molecule has 1 amide bonds. The number of hydrogen-bond donors (Lipinski definition) is 1. The molecular weight excluding hydrogens is 394 g/mol. The number of ether oxygens (including phenoxy) is 1. The molecule has 1 aromatic heterocycles. The van der Waals surface area contributed by atoms with Crippen LogP contribution in [0.2, 0.25) is 0 Å². The van der Waals surface area contributed by atoms with Crippen molar-refractivity contribution in [3.63, 3.8) is 0 Å². The molecular formula is C24H23N3O2S. The minimum absolute atomic E-state index is 0.00904. The molecule has 1 N–H and O–H groups in total. The van der Waals surface area contributed by atoms with E-state index in [1.807, 2.05) is 50.2 Å². The number of anilines is 1. The second-order valence-corrected chi connectivity index (χ2v) is 8.24. The summed E-state index contributed by atoms with van der Waals surface area (Å²) in [7, 11) is 0. The Kier molecular flexibility index (Phi) is 6.99. The number of para-hydroxylation sites is 1. The number of nitriles is 1. The van der Waals surface area contributed by atoms with E-state index in [0.717, 1.165) is 11.3 Å². The van der Waals surface area contributed by atoms with Gasteiger partial charge in [0, 0.05) is 23.1 Å². The third-order valence-electron chi connectivity index (χ3n) is 4.18. The largest absolute Gasteiger partial charge is 0.490 e. The number of hydrogen-bond acceptors (Lipinski definition) is 5. The van der Waals surface area contributed by atoms with E-state index in [-0.39, 0.29) is 11.7 Å². The summed E-state index contributed by atoms with van der Waals surface area (Å²) in [6, 6.07) is 17.6. The van der Waals surface area contributed by atoms with Gasteiger partial charge in [-0.3, -0.25) is 10.1 Å². The molecule has 0 fully saturated rings. The van der Waals surface area contributed by atoms with Crippen LogP contribution in [0.15, 0.2) is 60.3 Å². The quantitative estimate of drug-likeness (QED) is 0.414. The van der Waals surface area contributed by atoms with Gasteiger partial charge in [-0.1, -0.05) is 48.0 Å². The molecule has 0 atom stereocenters. The predicted octanol–water partition coefficient (Wildman–Crippen LogP) is 5.38. The normalized spacial score (nSPS) is 11.2. The van der Waals surface area contributed by atoms with Crippen molar-refractivity contribution in [3.8, 4) is 11.8 Å². The highest BCUT2D eigenvalue weighted by molar-refractivity contribution is 7.15. The van der Waals surface area contributed by atoms with E-state index in [4.69, 9.17) is 4.74 Å². The zero-order valence-corrected chi connectivity index (χ0v) is 18.0. The maximum atomic E-state index is 12.6. The Morgan fingerprint density at radius 1 is 1.27 bits per heavy atom. The van der Waals surface area contributed by atoms with Gasteiger partial charge in [-0.15, -0.1) is 11.3 Å². The van der Waals surface area contributed by atoms with E-state index < -0.39 is 5.91 Å². The van der Waals surface area contributed by atoms with Crippen LogP contribution in [0.3, 0.4) is 0 Å². The zero-order chi connectivity index (χ0) is 21.5. The third-order valence-corrected chi connectivity index (χ3v) is 5.09. The molecule has 0 unspecified atom stereocenters. The number of rotatable bonds is 7. The molecule has 5 nitrogen and oxygen atoms in total. The average molecular weight is 418 g/mol. The van der Waals surface area contributed by atoms with Crippen molar-refractivity contribution in [2.45, 2.75) is 33.3 Å². The van der Waals surface area contributed by atoms with E-state index in [1.54, 1.807) is 6.20 Å². The third kappa shape index (κ3) is 5.79. The molecule has 3 aromatic rings. The Morgan fingerprint density at radius 3 is 2.80 bits per heavy atom. The van der Waals surface area contributed by atoms with Crippen LogP contribution in [0.25, 0.3) is 6.08 Å². The van der Waals surface area contributed by atoms with Crippen molar-refractivity contribution in [3.05, 3.63) is 81.9 Å². The first kappa shape index (κ1) is 21.3. The van der Waals surface area contributed by atoms with Gasteiger partial charge in [0.05, 0.1) is 6.10 Å². The van der Waals surface area contributed by atoms with Crippen molar-refractivity contribution >= 4 is 28.5 Å². The van der Waals surface area contributed by atoms with E-state index in [2.05, 4.69) is 35.4 Å². The molecule has 0 aliphatic heterocycles. The van der Waals surface area contributed by atoms with Crippen LogP contribution < -0.4 is 10.1 Å². The maximum Gasteiger partial charge on any atom is 0.268 e. The first-order valence-corrected chi connectivity index (χ1v) is 10.5. The molecule has 0 bridgehead atoms.